The third-order valence-electron chi connectivity index (χ3n) is 9.70. The molecule has 6 aliphatic carbocycles. The molecule has 0 spiro atoms. The van der Waals surface area contributed by atoms with Gasteiger partial charge in [-0.1, -0.05) is 57.2 Å². The van der Waals surface area contributed by atoms with Crippen LogP contribution >= 0.6 is 0 Å². The smallest absolute Gasteiger partial charge is 0.338 e. The molecule has 6 fully saturated rings. The Labute approximate surface area is 233 Å². The van der Waals surface area contributed by atoms with E-state index in [1.165, 1.54) is 0 Å². The number of aliphatic hydroxyl groups is 1. The van der Waals surface area contributed by atoms with Gasteiger partial charge in [0, 0.05) is 24.0 Å². The fourth-order valence-corrected chi connectivity index (χ4v) is 7.64. The van der Waals surface area contributed by atoms with Crippen molar-refractivity contribution in [2.24, 2.45) is 10.8 Å². The van der Waals surface area contributed by atoms with E-state index >= 15 is 0 Å². The van der Waals surface area contributed by atoms with E-state index in [4.69, 9.17) is 19.0 Å². The van der Waals surface area contributed by atoms with Gasteiger partial charge in [0.05, 0.1) is 11.1 Å². The molecule has 6 aliphatic rings. The summed E-state index contributed by atoms with van der Waals surface area (Å²) in [6.45, 7) is 12.4. The van der Waals surface area contributed by atoms with E-state index in [2.05, 4.69) is 33.9 Å². The molecule has 6 nitrogen and oxygen atoms in total. The highest BCUT2D eigenvalue weighted by Crippen LogP contribution is 2.70. The minimum atomic E-state index is -1.69. The first-order valence-electron chi connectivity index (χ1n) is 14.1. The van der Waals surface area contributed by atoms with E-state index < -0.39 is 8.32 Å². The number of hydrogen-bond donors (Lipinski definition) is 1. The van der Waals surface area contributed by atoms with Crippen molar-refractivity contribution in [1.29, 1.82) is 0 Å². The van der Waals surface area contributed by atoms with E-state index in [1.807, 2.05) is 48.5 Å². The van der Waals surface area contributed by atoms with Gasteiger partial charge in [-0.15, -0.1) is 0 Å². The third-order valence-corrected chi connectivity index (χ3v) is 14.2. The Morgan fingerprint density at radius 1 is 0.744 bits per heavy atom. The number of carbonyl (C=O) groups excluding carboxylic acids is 2. The van der Waals surface area contributed by atoms with E-state index in [0.29, 0.717) is 11.1 Å². The van der Waals surface area contributed by atoms with Gasteiger partial charge in [-0.25, -0.2) is 9.59 Å². The zero-order valence-corrected chi connectivity index (χ0v) is 24.9. The fourth-order valence-electron chi connectivity index (χ4n) is 6.54. The number of rotatable bonds is 8. The van der Waals surface area contributed by atoms with Crippen LogP contribution in [-0.4, -0.2) is 49.8 Å². The molecule has 7 heteroatoms. The molecule has 0 unspecified atom stereocenters. The summed E-state index contributed by atoms with van der Waals surface area (Å²) in [6.07, 6.45) is 5.38. The molecule has 0 aromatic heterocycles. The fraction of sp³-hybridized carbons (Fsp3) is 0.562. The van der Waals surface area contributed by atoms with Crippen LogP contribution in [0.5, 0.6) is 0 Å². The second-order valence-electron chi connectivity index (χ2n) is 14.1. The van der Waals surface area contributed by atoms with Gasteiger partial charge in [0.15, 0.2) is 8.32 Å². The minimum absolute atomic E-state index is 0.0803. The monoisotopic (exact) mass is 550 g/mol. The molecule has 39 heavy (non-hydrogen) atoms. The van der Waals surface area contributed by atoms with Gasteiger partial charge in [-0.05, 0) is 80.9 Å². The first-order chi connectivity index (χ1) is 18.2. The van der Waals surface area contributed by atoms with Gasteiger partial charge >= 0.3 is 11.9 Å². The Morgan fingerprint density at radius 2 is 1.13 bits per heavy atom. The molecule has 4 bridgehead atoms. The van der Waals surface area contributed by atoms with Crippen molar-refractivity contribution in [2.75, 3.05) is 13.2 Å². The Hall–Kier alpha value is -2.48. The van der Waals surface area contributed by atoms with E-state index in [9.17, 15) is 9.59 Å². The highest BCUT2D eigenvalue weighted by atomic mass is 28.4. The Morgan fingerprint density at radius 3 is 1.49 bits per heavy atom. The van der Waals surface area contributed by atoms with Crippen LogP contribution in [0.25, 0.3) is 0 Å². The summed E-state index contributed by atoms with van der Waals surface area (Å²) in [5, 5.41) is 9.35. The largest absolute Gasteiger partial charge is 0.455 e. The maximum absolute atomic E-state index is 12.2. The summed E-state index contributed by atoms with van der Waals surface area (Å²) in [5.74, 6) is -0.434. The molecule has 210 valence electrons. The number of esters is 2. The average Bonchev–Trinajstić information content (AvgIpc) is 2.81. The summed E-state index contributed by atoms with van der Waals surface area (Å²) in [7, 11) is -1.69. The van der Waals surface area contributed by atoms with Crippen molar-refractivity contribution in [3.05, 3.63) is 71.8 Å². The lowest BCUT2D eigenvalue weighted by molar-refractivity contribution is -0.270. The summed E-state index contributed by atoms with van der Waals surface area (Å²) in [6, 6.07) is 18.3. The van der Waals surface area contributed by atoms with Gasteiger partial charge in [0.1, 0.15) is 11.2 Å². The molecule has 0 atom stereocenters. The Kier molecular flexibility index (Phi) is 6.88. The molecular formula is C32H42O6Si. The molecule has 0 amide bonds. The first kappa shape index (κ1) is 28.1. The summed E-state index contributed by atoms with van der Waals surface area (Å²) in [4.78, 5) is 24.0. The van der Waals surface area contributed by atoms with Crippen molar-refractivity contribution >= 4 is 20.3 Å². The lowest BCUT2D eigenvalue weighted by Gasteiger charge is -2.69. The lowest BCUT2D eigenvalue weighted by atomic mass is 9.41. The molecule has 2 aromatic rings. The van der Waals surface area contributed by atoms with Crippen LogP contribution in [0.3, 0.4) is 0 Å². The van der Waals surface area contributed by atoms with Crippen LogP contribution in [-0.2, 0) is 13.9 Å². The summed E-state index contributed by atoms with van der Waals surface area (Å²) < 4.78 is 17.6. The zero-order chi connectivity index (χ0) is 28.2. The number of aliphatic hydroxyl groups excluding tert-OH is 1. The topological polar surface area (TPSA) is 82.1 Å². The second-order valence-corrected chi connectivity index (χ2v) is 19.0. The molecule has 0 aliphatic heterocycles. The molecule has 8 rings (SSSR count). The predicted octanol–water partition coefficient (Wildman–Crippen LogP) is 6.55. The van der Waals surface area contributed by atoms with Crippen LogP contribution < -0.4 is 0 Å². The van der Waals surface area contributed by atoms with E-state index in [1.54, 1.807) is 12.1 Å². The van der Waals surface area contributed by atoms with Crippen molar-refractivity contribution in [1.82, 2.24) is 0 Å². The SMILES string of the molecule is CC(C)(C)[Si](C)(C)OCC12CC(OC(=O)c3ccccc3)(C1)C2.O=C(OC12CC(CO)(C1)C2)c1ccccc1. The Balaban J connectivity index is 0.000000168. The summed E-state index contributed by atoms with van der Waals surface area (Å²) in [5.41, 5.74) is 1.14. The Bertz CT molecular complexity index is 1180. The van der Waals surface area contributed by atoms with Crippen LogP contribution in [0.1, 0.15) is 80.0 Å². The number of hydrogen-bond acceptors (Lipinski definition) is 6. The number of benzene rings is 2. The normalized spacial score (nSPS) is 31.6. The molecule has 6 saturated carbocycles. The standard InChI is InChI=1S/C19H28O3Si.C13H14O3/c1-17(2,3)23(4,5)21-14-18-11-19(12-18,13-18)22-16(20)15-9-7-6-8-10-15;14-9-12-6-13(7-12,8-12)16-11(15)10-4-2-1-3-5-10/h6-10H,11-14H2,1-5H3;1-5,14H,6-9H2. The number of carbonyl (C=O) groups is 2. The second kappa shape index (κ2) is 9.56. The van der Waals surface area contributed by atoms with Gasteiger partial charge in [-0.3, -0.25) is 0 Å². The van der Waals surface area contributed by atoms with Crippen LogP contribution in [0.15, 0.2) is 60.7 Å². The molecule has 2 aromatic carbocycles. The molecule has 1 N–H and O–H groups in total. The highest BCUT2D eigenvalue weighted by Gasteiger charge is 2.71. The third kappa shape index (κ3) is 5.33. The van der Waals surface area contributed by atoms with Gasteiger partial charge in [0.25, 0.3) is 0 Å². The van der Waals surface area contributed by atoms with Crippen molar-refractivity contribution in [3.8, 4) is 0 Å². The van der Waals surface area contributed by atoms with E-state index in [-0.39, 0.29) is 45.6 Å². The molecule has 0 heterocycles. The van der Waals surface area contributed by atoms with Gasteiger partial charge < -0.3 is 19.0 Å². The van der Waals surface area contributed by atoms with Crippen molar-refractivity contribution < 1.29 is 28.6 Å². The van der Waals surface area contributed by atoms with Crippen LogP contribution in [0.2, 0.25) is 18.1 Å². The predicted molar refractivity (Wildman–Crippen MR) is 152 cm³/mol. The molecule has 0 radical (unpaired) electrons. The maximum atomic E-state index is 12.2. The average molecular weight is 551 g/mol. The maximum Gasteiger partial charge on any atom is 0.338 e. The lowest BCUT2D eigenvalue weighted by Crippen LogP contribution is -2.71. The van der Waals surface area contributed by atoms with Gasteiger partial charge in [-0.2, -0.15) is 0 Å². The zero-order valence-electron chi connectivity index (χ0n) is 23.9. The van der Waals surface area contributed by atoms with Crippen molar-refractivity contribution in [3.63, 3.8) is 0 Å². The first-order valence-corrected chi connectivity index (χ1v) is 17.0. The van der Waals surface area contributed by atoms with Crippen LogP contribution in [0, 0.1) is 10.8 Å². The molecular weight excluding hydrogens is 508 g/mol. The van der Waals surface area contributed by atoms with Gasteiger partial charge in [0.2, 0.25) is 0 Å². The number of ether oxygens (including phenoxy) is 2. The van der Waals surface area contributed by atoms with Crippen LogP contribution in [0.4, 0.5) is 0 Å². The summed E-state index contributed by atoms with van der Waals surface area (Å²) >= 11 is 0. The van der Waals surface area contributed by atoms with E-state index in [0.717, 1.165) is 45.1 Å². The highest BCUT2D eigenvalue weighted by molar-refractivity contribution is 6.74. The van der Waals surface area contributed by atoms with Crippen molar-refractivity contribution in [2.45, 2.75) is 88.6 Å². The quantitative estimate of drug-likeness (QED) is 0.297. The molecule has 0 saturated heterocycles. The minimum Gasteiger partial charge on any atom is -0.455 e.